The number of aliphatic hydroxyl groups is 1. The first-order valence-electron chi connectivity index (χ1n) is 10.8. The van der Waals surface area contributed by atoms with Gasteiger partial charge in [-0.25, -0.2) is 0 Å². The standard InChI is InChI=1S/C24H31N3O2/c1-17-12-21(8-9-25-17)24(29)22(16-27-10-4-5-11-27)26-23(28)15-18-13-19-6-2-3-7-20(19)14-18/h2-3,6-9,12,18,22,24,29H,4-5,10-11,13-16H2,1H3,(H,26,28)/t22-,24-/m1/s1. The van der Waals surface area contributed by atoms with Gasteiger partial charge < -0.3 is 15.3 Å². The molecule has 4 rings (SSSR count). The van der Waals surface area contributed by atoms with E-state index in [1.807, 2.05) is 19.1 Å². The SMILES string of the molecule is Cc1cc([C@@H](O)[C@@H](CN2CCCC2)NC(=O)CC2Cc3ccccc3C2)ccn1. The fraction of sp³-hybridized carbons (Fsp3) is 0.500. The van der Waals surface area contributed by atoms with Crippen molar-refractivity contribution in [2.75, 3.05) is 19.6 Å². The van der Waals surface area contributed by atoms with Crippen LogP contribution in [0.5, 0.6) is 0 Å². The minimum Gasteiger partial charge on any atom is -0.386 e. The number of nitrogens with zero attached hydrogens (tertiary/aromatic N) is 2. The van der Waals surface area contributed by atoms with Crippen molar-refractivity contribution in [1.29, 1.82) is 0 Å². The quantitative estimate of drug-likeness (QED) is 0.759. The molecule has 1 aromatic carbocycles. The first-order valence-corrected chi connectivity index (χ1v) is 10.8. The Hall–Kier alpha value is -2.24. The third kappa shape index (κ3) is 5.03. The van der Waals surface area contributed by atoms with Crippen LogP contribution in [-0.4, -0.2) is 46.6 Å². The Bertz CT molecular complexity index is 823. The summed E-state index contributed by atoms with van der Waals surface area (Å²) in [4.78, 5) is 19.4. The lowest BCUT2D eigenvalue weighted by molar-refractivity contribution is -0.123. The first-order chi connectivity index (χ1) is 14.1. The molecule has 1 aliphatic carbocycles. The number of aryl methyl sites for hydroxylation is 1. The molecule has 1 amide bonds. The Morgan fingerprint density at radius 3 is 2.55 bits per heavy atom. The van der Waals surface area contributed by atoms with Gasteiger partial charge in [0.2, 0.25) is 5.91 Å². The summed E-state index contributed by atoms with van der Waals surface area (Å²) in [6.45, 7) is 4.67. The van der Waals surface area contributed by atoms with Crippen molar-refractivity contribution in [1.82, 2.24) is 15.2 Å². The largest absolute Gasteiger partial charge is 0.386 e. The number of rotatable bonds is 7. The summed E-state index contributed by atoms with van der Waals surface area (Å²) in [7, 11) is 0. The predicted molar refractivity (Wildman–Crippen MR) is 113 cm³/mol. The Balaban J connectivity index is 1.41. The molecule has 5 heteroatoms. The molecular weight excluding hydrogens is 362 g/mol. The number of aromatic nitrogens is 1. The van der Waals surface area contributed by atoms with Crippen molar-refractivity contribution in [2.24, 2.45) is 5.92 Å². The topological polar surface area (TPSA) is 65.5 Å². The maximum absolute atomic E-state index is 12.9. The second kappa shape index (κ2) is 9.06. The number of amides is 1. The van der Waals surface area contributed by atoms with E-state index >= 15 is 0 Å². The van der Waals surface area contributed by atoms with Crippen LogP contribution in [0.1, 0.15) is 47.8 Å². The number of fused-ring (bicyclic) bond motifs is 1. The number of benzene rings is 1. The van der Waals surface area contributed by atoms with Crippen LogP contribution in [0.15, 0.2) is 42.6 Å². The fourth-order valence-corrected chi connectivity index (χ4v) is 4.77. The highest BCUT2D eigenvalue weighted by atomic mass is 16.3. The van der Waals surface area contributed by atoms with E-state index in [4.69, 9.17) is 0 Å². The molecule has 0 bridgehead atoms. The van der Waals surface area contributed by atoms with Gasteiger partial charge in [0.25, 0.3) is 0 Å². The number of nitrogens with one attached hydrogen (secondary N) is 1. The number of likely N-dealkylation sites (tertiary alicyclic amines) is 1. The molecule has 29 heavy (non-hydrogen) atoms. The molecule has 1 aliphatic heterocycles. The van der Waals surface area contributed by atoms with Crippen molar-refractivity contribution in [3.63, 3.8) is 0 Å². The van der Waals surface area contributed by atoms with E-state index in [0.29, 0.717) is 18.9 Å². The zero-order chi connectivity index (χ0) is 20.2. The monoisotopic (exact) mass is 393 g/mol. The molecule has 0 saturated carbocycles. The summed E-state index contributed by atoms with van der Waals surface area (Å²) in [6.07, 6.45) is 5.80. The molecule has 2 N–H and O–H groups in total. The van der Waals surface area contributed by atoms with E-state index in [-0.39, 0.29) is 11.9 Å². The summed E-state index contributed by atoms with van der Waals surface area (Å²) in [5.74, 6) is 0.386. The van der Waals surface area contributed by atoms with E-state index in [1.165, 1.54) is 24.0 Å². The van der Waals surface area contributed by atoms with Crippen LogP contribution in [-0.2, 0) is 17.6 Å². The Kier molecular flexibility index (Phi) is 6.26. The normalized spacial score (nSPS) is 19.1. The summed E-state index contributed by atoms with van der Waals surface area (Å²) in [5, 5.41) is 14.2. The van der Waals surface area contributed by atoms with Crippen LogP contribution in [0.2, 0.25) is 0 Å². The summed E-state index contributed by atoms with van der Waals surface area (Å²) in [5.41, 5.74) is 4.42. The molecule has 1 fully saturated rings. The van der Waals surface area contributed by atoms with Crippen molar-refractivity contribution in [3.05, 3.63) is 65.0 Å². The Labute approximate surface area is 173 Å². The van der Waals surface area contributed by atoms with Gasteiger partial charge in [0.1, 0.15) is 6.10 Å². The molecule has 0 radical (unpaired) electrons. The molecule has 1 saturated heterocycles. The van der Waals surface area contributed by atoms with Gasteiger partial charge in [0.05, 0.1) is 6.04 Å². The number of hydrogen-bond acceptors (Lipinski definition) is 4. The molecule has 2 aromatic rings. The van der Waals surface area contributed by atoms with Crippen LogP contribution in [0.25, 0.3) is 0 Å². The number of hydrogen-bond donors (Lipinski definition) is 2. The number of carbonyl (C=O) groups excluding carboxylic acids is 1. The molecule has 2 heterocycles. The van der Waals surface area contributed by atoms with Gasteiger partial charge in [-0.05, 0) is 80.4 Å². The van der Waals surface area contributed by atoms with Gasteiger partial charge >= 0.3 is 0 Å². The van der Waals surface area contributed by atoms with Crippen LogP contribution < -0.4 is 5.32 Å². The lowest BCUT2D eigenvalue weighted by atomic mass is 9.99. The molecule has 2 aliphatic rings. The van der Waals surface area contributed by atoms with Crippen LogP contribution >= 0.6 is 0 Å². The summed E-state index contributed by atoms with van der Waals surface area (Å²) >= 11 is 0. The van der Waals surface area contributed by atoms with Gasteiger partial charge in [0.15, 0.2) is 0 Å². The van der Waals surface area contributed by atoms with Gasteiger partial charge in [-0.1, -0.05) is 24.3 Å². The average molecular weight is 394 g/mol. The Morgan fingerprint density at radius 1 is 1.21 bits per heavy atom. The zero-order valence-corrected chi connectivity index (χ0v) is 17.2. The van der Waals surface area contributed by atoms with Gasteiger partial charge in [-0.3, -0.25) is 9.78 Å². The zero-order valence-electron chi connectivity index (χ0n) is 17.2. The third-order valence-electron chi connectivity index (χ3n) is 6.25. The van der Waals surface area contributed by atoms with Crippen LogP contribution in [0.4, 0.5) is 0 Å². The van der Waals surface area contributed by atoms with E-state index < -0.39 is 6.10 Å². The van der Waals surface area contributed by atoms with Crippen LogP contribution in [0, 0.1) is 12.8 Å². The molecular formula is C24H31N3O2. The molecule has 154 valence electrons. The van der Waals surface area contributed by atoms with E-state index in [0.717, 1.165) is 37.2 Å². The lowest BCUT2D eigenvalue weighted by Crippen LogP contribution is -2.47. The van der Waals surface area contributed by atoms with Gasteiger partial charge in [-0.15, -0.1) is 0 Å². The van der Waals surface area contributed by atoms with Crippen molar-refractivity contribution < 1.29 is 9.90 Å². The highest BCUT2D eigenvalue weighted by Gasteiger charge is 2.29. The van der Waals surface area contributed by atoms with Gasteiger partial charge in [-0.2, -0.15) is 0 Å². The van der Waals surface area contributed by atoms with E-state index in [2.05, 4.69) is 39.5 Å². The van der Waals surface area contributed by atoms with E-state index in [1.54, 1.807) is 6.20 Å². The molecule has 0 spiro atoms. The highest BCUT2D eigenvalue weighted by Crippen LogP contribution is 2.29. The van der Waals surface area contributed by atoms with Crippen molar-refractivity contribution in [3.8, 4) is 0 Å². The minimum atomic E-state index is -0.734. The second-order valence-electron chi connectivity index (χ2n) is 8.60. The highest BCUT2D eigenvalue weighted by molar-refractivity contribution is 5.77. The molecule has 0 unspecified atom stereocenters. The fourth-order valence-electron chi connectivity index (χ4n) is 4.77. The maximum atomic E-state index is 12.9. The van der Waals surface area contributed by atoms with Crippen molar-refractivity contribution >= 4 is 5.91 Å². The molecule has 1 aromatic heterocycles. The smallest absolute Gasteiger partial charge is 0.220 e. The Morgan fingerprint density at radius 2 is 1.90 bits per heavy atom. The summed E-state index contributed by atoms with van der Waals surface area (Å²) in [6, 6.07) is 11.9. The third-order valence-corrected chi connectivity index (χ3v) is 6.25. The van der Waals surface area contributed by atoms with Gasteiger partial charge in [0, 0.05) is 24.9 Å². The van der Waals surface area contributed by atoms with Crippen LogP contribution in [0.3, 0.4) is 0 Å². The van der Waals surface area contributed by atoms with Crippen molar-refractivity contribution in [2.45, 2.75) is 51.2 Å². The number of aliphatic hydroxyl groups excluding tert-OH is 1. The second-order valence-corrected chi connectivity index (χ2v) is 8.60. The summed E-state index contributed by atoms with van der Waals surface area (Å²) < 4.78 is 0. The van der Waals surface area contributed by atoms with E-state index in [9.17, 15) is 9.90 Å². The molecule has 5 nitrogen and oxygen atoms in total. The first kappa shape index (κ1) is 20.0. The number of carbonyl (C=O) groups is 1. The average Bonchev–Trinajstić information content (AvgIpc) is 3.35. The lowest BCUT2D eigenvalue weighted by Gasteiger charge is -2.29. The molecule has 2 atom stereocenters. The predicted octanol–water partition coefficient (Wildman–Crippen LogP) is 2.81. The maximum Gasteiger partial charge on any atom is 0.220 e. The number of pyridine rings is 1. The minimum absolute atomic E-state index is 0.0387.